The van der Waals surface area contributed by atoms with E-state index in [-0.39, 0.29) is 29.7 Å². The second-order valence-electron chi connectivity index (χ2n) is 11.5. The van der Waals surface area contributed by atoms with Crippen molar-refractivity contribution in [2.45, 2.75) is 57.1 Å². The first-order valence-corrected chi connectivity index (χ1v) is 15.0. The Morgan fingerprint density at radius 3 is 2.70 bits per heavy atom. The molecular formula is C33H32ClFN2O6. The molecule has 43 heavy (non-hydrogen) atoms. The number of aromatic nitrogens is 2. The van der Waals surface area contributed by atoms with E-state index < -0.39 is 11.6 Å². The summed E-state index contributed by atoms with van der Waals surface area (Å²) in [7, 11) is 1.38. The first kappa shape index (κ1) is 28.1. The predicted octanol–water partition coefficient (Wildman–Crippen LogP) is 6.76. The summed E-state index contributed by atoms with van der Waals surface area (Å²) in [6.07, 6.45) is 3.41. The molecule has 0 amide bonds. The van der Waals surface area contributed by atoms with Crippen molar-refractivity contribution < 1.29 is 32.9 Å². The number of methoxy groups -OCH3 is 1. The molecule has 8 nitrogen and oxygen atoms in total. The Labute approximate surface area is 253 Å². The monoisotopic (exact) mass is 606 g/mol. The molecule has 0 N–H and O–H groups in total. The molecule has 3 aliphatic heterocycles. The van der Waals surface area contributed by atoms with Crippen LogP contribution in [0, 0.1) is 11.7 Å². The summed E-state index contributed by atoms with van der Waals surface area (Å²) >= 11 is 5.97. The van der Waals surface area contributed by atoms with E-state index in [1.165, 1.54) is 13.2 Å². The van der Waals surface area contributed by atoms with Gasteiger partial charge in [0.25, 0.3) is 5.79 Å². The van der Waals surface area contributed by atoms with E-state index in [1.54, 1.807) is 25.1 Å². The number of hydrogen-bond acceptors (Lipinski definition) is 7. The highest BCUT2D eigenvalue weighted by Crippen LogP contribution is 2.50. The molecule has 0 bridgehead atoms. The molecule has 4 atom stereocenters. The van der Waals surface area contributed by atoms with Gasteiger partial charge in [-0.2, -0.15) is 0 Å². The van der Waals surface area contributed by atoms with Crippen molar-refractivity contribution >= 4 is 28.6 Å². The maximum absolute atomic E-state index is 14.8. The average molecular weight is 607 g/mol. The highest BCUT2D eigenvalue weighted by molar-refractivity contribution is 6.30. The first-order valence-electron chi connectivity index (χ1n) is 14.6. The zero-order valence-electron chi connectivity index (χ0n) is 24.0. The summed E-state index contributed by atoms with van der Waals surface area (Å²) in [6.45, 7) is 3.71. The van der Waals surface area contributed by atoms with Gasteiger partial charge in [-0.3, -0.25) is 0 Å². The Kier molecular flexibility index (Phi) is 7.27. The molecular weight excluding hydrogens is 575 g/mol. The predicted molar refractivity (Wildman–Crippen MR) is 157 cm³/mol. The maximum Gasteiger partial charge on any atom is 0.337 e. The van der Waals surface area contributed by atoms with E-state index in [4.69, 9.17) is 40.3 Å². The van der Waals surface area contributed by atoms with Gasteiger partial charge in [0.05, 0.1) is 54.6 Å². The van der Waals surface area contributed by atoms with Gasteiger partial charge in [0.2, 0.25) is 0 Å². The molecule has 4 aromatic rings. The summed E-state index contributed by atoms with van der Waals surface area (Å²) < 4.78 is 46.5. The van der Waals surface area contributed by atoms with Crippen molar-refractivity contribution in [3.8, 4) is 11.5 Å². The lowest BCUT2D eigenvalue weighted by Gasteiger charge is -2.31. The smallest absolute Gasteiger partial charge is 0.337 e. The Morgan fingerprint density at radius 2 is 1.98 bits per heavy atom. The van der Waals surface area contributed by atoms with Crippen LogP contribution < -0.4 is 9.47 Å². The quantitative estimate of drug-likeness (QED) is 0.215. The molecule has 7 rings (SSSR count). The summed E-state index contributed by atoms with van der Waals surface area (Å²) in [5, 5.41) is 0.309. The zero-order chi connectivity index (χ0) is 29.7. The summed E-state index contributed by atoms with van der Waals surface area (Å²) in [5.41, 5.74) is 3.41. The molecule has 0 saturated carbocycles. The number of fused-ring (bicyclic) bond motifs is 2. The SMILES string of the molecule is COC(=O)c1ccc2nc(CC3CCC(c4cccc5c4OC(C)(c4ccc(Cl)cc4F)O5)OC3)n(C[C@@H]3CCO3)c2c1. The third kappa shape index (κ3) is 5.24. The molecule has 10 heteroatoms. The number of hydrogen-bond donors (Lipinski definition) is 0. The van der Waals surface area contributed by atoms with Gasteiger partial charge in [-0.25, -0.2) is 14.2 Å². The lowest BCUT2D eigenvalue weighted by atomic mass is 9.92. The number of carbonyl (C=O) groups excluding carboxylic acids is 1. The molecule has 0 spiro atoms. The van der Waals surface area contributed by atoms with Crippen molar-refractivity contribution in [2.75, 3.05) is 20.3 Å². The molecule has 3 unspecified atom stereocenters. The molecule has 4 heterocycles. The van der Waals surface area contributed by atoms with Crippen LogP contribution in [0.5, 0.6) is 11.5 Å². The molecule has 0 radical (unpaired) electrons. The minimum Gasteiger partial charge on any atom is -0.465 e. The van der Waals surface area contributed by atoms with Gasteiger partial charge in [0.1, 0.15) is 11.6 Å². The molecule has 224 valence electrons. The topological polar surface area (TPSA) is 81.0 Å². The minimum absolute atomic E-state index is 0.138. The number of ether oxygens (including phenoxy) is 5. The van der Waals surface area contributed by atoms with Crippen LogP contribution in [0.1, 0.15) is 59.6 Å². The van der Waals surface area contributed by atoms with Crippen LogP contribution in [0.3, 0.4) is 0 Å². The van der Waals surface area contributed by atoms with E-state index in [1.807, 2.05) is 30.3 Å². The number of esters is 1. The summed E-state index contributed by atoms with van der Waals surface area (Å²) in [4.78, 5) is 17.2. The third-order valence-electron chi connectivity index (χ3n) is 8.65. The van der Waals surface area contributed by atoms with Crippen LogP contribution in [0.15, 0.2) is 54.6 Å². The minimum atomic E-state index is -1.32. The van der Waals surface area contributed by atoms with Gasteiger partial charge >= 0.3 is 5.97 Å². The Morgan fingerprint density at radius 1 is 1.12 bits per heavy atom. The second kappa shape index (κ2) is 11.1. The average Bonchev–Trinajstić information content (AvgIpc) is 3.51. The van der Waals surface area contributed by atoms with Crippen molar-refractivity contribution in [3.05, 3.63) is 88.0 Å². The lowest BCUT2D eigenvalue weighted by molar-refractivity contribution is -0.0732. The molecule has 3 aliphatic rings. The van der Waals surface area contributed by atoms with Gasteiger partial charge in [0, 0.05) is 30.5 Å². The molecule has 1 aromatic heterocycles. The lowest BCUT2D eigenvalue weighted by Crippen LogP contribution is -2.33. The van der Waals surface area contributed by atoms with Crippen LogP contribution in [-0.4, -0.2) is 41.9 Å². The van der Waals surface area contributed by atoms with E-state index in [0.717, 1.165) is 54.7 Å². The number of para-hydroxylation sites is 1. The maximum atomic E-state index is 14.8. The van der Waals surface area contributed by atoms with Crippen LogP contribution >= 0.6 is 11.6 Å². The molecule has 2 saturated heterocycles. The van der Waals surface area contributed by atoms with Crippen molar-refractivity contribution in [1.29, 1.82) is 0 Å². The zero-order valence-corrected chi connectivity index (χ0v) is 24.7. The number of nitrogens with zero attached hydrogens (tertiary/aromatic N) is 2. The highest BCUT2D eigenvalue weighted by Gasteiger charge is 2.43. The summed E-state index contributed by atoms with van der Waals surface area (Å²) in [5.74, 6) is 0.168. The van der Waals surface area contributed by atoms with Crippen molar-refractivity contribution in [3.63, 3.8) is 0 Å². The molecule has 2 fully saturated rings. The Balaban J connectivity index is 1.08. The number of rotatable bonds is 7. The Hall–Kier alpha value is -3.66. The second-order valence-corrected chi connectivity index (χ2v) is 12.0. The van der Waals surface area contributed by atoms with Gasteiger partial charge < -0.3 is 28.3 Å². The van der Waals surface area contributed by atoms with E-state index in [9.17, 15) is 9.18 Å². The Bertz CT molecular complexity index is 1700. The van der Waals surface area contributed by atoms with Crippen LogP contribution in [0.25, 0.3) is 11.0 Å². The number of imidazole rings is 1. The van der Waals surface area contributed by atoms with Crippen molar-refractivity contribution in [1.82, 2.24) is 9.55 Å². The highest BCUT2D eigenvalue weighted by atomic mass is 35.5. The number of halogens is 2. The van der Waals surface area contributed by atoms with Crippen LogP contribution in [-0.2, 0) is 33.0 Å². The first-order chi connectivity index (χ1) is 20.8. The van der Waals surface area contributed by atoms with Crippen LogP contribution in [0.4, 0.5) is 4.39 Å². The van der Waals surface area contributed by atoms with E-state index in [0.29, 0.717) is 35.2 Å². The molecule has 0 aliphatic carbocycles. The van der Waals surface area contributed by atoms with E-state index in [2.05, 4.69) is 4.57 Å². The fourth-order valence-electron chi connectivity index (χ4n) is 6.25. The molecule has 3 aromatic carbocycles. The van der Waals surface area contributed by atoms with E-state index >= 15 is 0 Å². The normalized spacial score (nSPS) is 24.6. The fourth-order valence-corrected chi connectivity index (χ4v) is 6.41. The third-order valence-corrected chi connectivity index (χ3v) is 8.88. The van der Waals surface area contributed by atoms with Gasteiger partial charge in [-0.1, -0.05) is 23.7 Å². The standard InChI is InChI=1S/C33H32ClFN2O6/c1-33(24-9-8-21(34)16-25(24)35)42-29-5-3-4-23(31(29)43-33)28-11-6-19(18-41-28)14-30-36-26-10-7-20(32(38)39-2)15-27(26)37(30)17-22-12-13-40-22/h3-5,7-10,15-16,19,22,28H,6,11-14,17-18H2,1-2H3/t19?,22-,28?,33?/m0/s1. The van der Waals surface area contributed by atoms with Gasteiger partial charge in [0.15, 0.2) is 11.5 Å². The number of benzene rings is 3. The largest absolute Gasteiger partial charge is 0.465 e. The van der Waals surface area contributed by atoms with Gasteiger partial charge in [-0.15, -0.1) is 0 Å². The van der Waals surface area contributed by atoms with Crippen LogP contribution in [0.2, 0.25) is 5.02 Å². The van der Waals surface area contributed by atoms with Gasteiger partial charge in [-0.05, 0) is 67.6 Å². The summed E-state index contributed by atoms with van der Waals surface area (Å²) in [6, 6.07) is 15.7. The fraction of sp³-hybridized carbons (Fsp3) is 0.394. The number of carbonyl (C=O) groups is 1. The van der Waals surface area contributed by atoms with Crippen molar-refractivity contribution in [2.24, 2.45) is 5.92 Å².